The third-order valence-corrected chi connectivity index (χ3v) is 2.46. The van der Waals surface area contributed by atoms with Crippen LogP contribution in [-0.2, 0) is 0 Å². The van der Waals surface area contributed by atoms with Gasteiger partial charge in [0.15, 0.2) is 0 Å². The molecule has 1 heterocycles. The lowest BCUT2D eigenvalue weighted by atomic mass is 10.1. The lowest BCUT2D eigenvalue weighted by molar-refractivity contribution is 0.0981. The van der Waals surface area contributed by atoms with E-state index in [0.29, 0.717) is 17.9 Å². The summed E-state index contributed by atoms with van der Waals surface area (Å²) in [5.74, 6) is 0.515. The summed E-state index contributed by atoms with van der Waals surface area (Å²) in [7, 11) is 0. The fourth-order valence-electron chi connectivity index (χ4n) is 1.06. The second-order valence-electron chi connectivity index (χ2n) is 4.15. The van der Waals surface area contributed by atoms with Crippen LogP contribution in [0.5, 0.6) is 5.75 Å². The summed E-state index contributed by atoms with van der Waals surface area (Å²) in [6, 6.07) is 3.35. The summed E-state index contributed by atoms with van der Waals surface area (Å²) < 4.78 is 18.8. The van der Waals surface area contributed by atoms with Crippen molar-refractivity contribution in [2.45, 2.75) is 39.0 Å². The van der Waals surface area contributed by atoms with Crippen LogP contribution >= 0.6 is 0 Å². The molecule has 0 aliphatic carbocycles. The molecule has 2 atom stereocenters. The fraction of sp³-hybridized carbons (Fsp3) is 0.583. The predicted octanol–water partition coefficient (Wildman–Crippen LogP) is 2.65. The fourth-order valence-corrected chi connectivity index (χ4v) is 1.06. The van der Waals surface area contributed by atoms with Crippen LogP contribution in [0, 0.1) is 0 Å². The minimum absolute atomic E-state index is 0.0131. The smallest absolute Gasteiger partial charge is 0.141 e. The lowest BCUT2D eigenvalue weighted by Gasteiger charge is -2.18. The average molecular weight is 227 g/mol. The maximum atomic E-state index is 13.5. The number of alkyl halides is 1. The Kier molecular flexibility index (Phi) is 4.24. The van der Waals surface area contributed by atoms with Gasteiger partial charge in [0, 0.05) is 0 Å². The van der Waals surface area contributed by atoms with Gasteiger partial charge in [-0.2, -0.15) is 0 Å². The molecule has 0 aliphatic heterocycles. The zero-order chi connectivity index (χ0) is 12.2. The standard InChI is InChI=1S/C12H18FNO2/c1-4-12(3,13)8-16-10-5-6-11(9(2)15)14-7-10/h5-7,9,15H,4,8H2,1-3H3. The van der Waals surface area contributed by atoms with Gasteiger partial charge in [-0.05, 0) is 32.4 Å². The molecule has 3 nitrogen and oxygen atoms in total. The molecule has 90 valence electrons. The minimum atomic E-state index is -1.32. The summed E-state index contributed by atoms with van der Waals surface area (Å²) in [5.41, 5.74) is -0.742. The number of rotatable bonds is 5. The quantitative estimate of drug-likeness (QED) is 0.840. The summed E-state index contributed by atoms with van der Waals surface area (Å²) in [6.45, 7) is 4.93. The predicted molar refractivity (Wildman–Crippen MR) is 60.2 cm³/mol. The highest BCUT2D eigenvalue weighted by Gasteiger charge is 2.21. The lowest BCUT2D eigenvalue weighted by Crippen LogP contribution is -2.26. The molecule has 0 saturated heterocycles. The minimum Gasteiger partial charge on any atom is -0.489 e. The molecule has 1 aromatic heterocycles. The molecule has 0 saturated carbocycles. The van der Waals surface area contributed by atoms with Crippen molar-refractivity contribution in [3.8, 4) is 5.75 Å². The van der Waals surface area contributed by atoms with Gasteiger partial charge in [-0.25, -0.2) is 4.39 Å². The van der Waals surface area contributed by atoms with Crippen molar-refractivity contribution in [1.29, 1.82) is 0 Å². The number of ether oxygens (including phenoxy) is 1. The summed E-state index contributed by atoms with van der Waals surface area (Å²) in [4.78, 5) is 4.01. The van der Waals surface area contributed by atoms with Crippen LogP contribution < -0.4 is 4.74 Å². The molecule has 0 aromatic carbocycles. The molecule has 1 rings (SSSR count). The van der Waals surface area contributed by atoms with Gasteiger partial charge in [-0.15, -0.1) is 0 Å². The van der Waals surface area contributed by atoms with Gasteiger partial charge < -0.3 is 9.84 Å². The molecule has 1 N–H and O–H groups in total. The third kappa shape index (κ3) is 3.77. The number of aromatic nitrogens is 1. The van der Waals surface area contributed by atoms with E-state index in [1.165, 1.54) is 13.1 Å². The Balaban J connectivity index is 2.56. The van der Waals surface area contributed by atoms with E-state index >= 15 is 0 Å². The van der Waals surface area contributed by atoms with Gasteiger partial charge in [0.1, 0.15) is 18.0 Å². The molecule has 1 aromatic rings. The third-order valence-electron chi connectivity index (χ3n) is 2.46. The van der Waals surface area contributed by atoms with E-state index in [4.69, 9.17) is 4.74 Å². The first-order valence-corrected chi connectivity index (χ1v) is 5.40. The van der Waals surface area contributed by atoms with Crippen LogP contribution in [-0.4, -0.2) is 22.4 Å². The molecule has 0 spiro atoms. The molecular formula is C12H18FNO2. The highest BCUT2D eigenvalue weighted by Crippen LogP contribution is 2.19. The molecule has 4 heteroatoms. The van der Waals surface area contributed by atoms with Crippen molar-refractivity contribution in [2.75, 3.05) is 6.61 Å². The van der Waals surface area contributed by atoms with Gasteiger partial charge in [0.05, 0.1) is 18.0 Å². The van der Waals surface area contributed by atoms with Gasteiger partial charge in [-0.3, -0.25) is 4.98 Å². The highest BCUT2D eigenvalue weighted by molar-refractivity contribution is 5.20. The molecule has 2 unspecified atom stereocenters. The van der Waals surface area contributed by atoms with Crippen molar-refractivity contribution in [1.82, 2.24) is 4.98 Å². The van der Waals surface area contributed by atoms with Crippen LogP contribution in [0.15, 0.2) is 18.3 Å². The zero-order valence-corrected chi connectivity index (χ0v) is 9.90. The Morgan fingerprint density at radius 3 is 2.69 bits per heavy atom. The number of nitrogens with zero attached hydrogens (tertiary/aromatic N) is 1. The number of aliphatic hydroxyl groups is 1. The number of hydrogen-bond donors (Lipinski definition) is 1. The van der Waals surface area contributed by atoms with E-state index < -0.39 is 11.8 Å². The van der Waals surface area contributed by atoms with Crippen molar-refractivity contribution in [2.24, 2.45) is 0 Å². The van der Waals surface area contributed by atoms with Crippen molar-refractivity contribution in [3.05, 3.63) is 24.0 Å². The summed E-state index contributed by atoms with van der Waals surface area (Å²) in [6.07, 6.45) is 1.30. The number of halogens is 1. The highest BCUT2D eigenvalue weighted by atomic mass is 19.1. The topological polar surface area (TPSA) is 42.4 Å². The molecular weight excluding hydrogens is 209 g/mol. The van der Waals surface area contributed by atoms with Crippen molar-refractivity contribution >= 4 is 0 Å². The first kappa shape index (κ1) is 12.9. The first-order chi connectivity index (χ1) is 7.44. The Morgan fingerprint density at radius 2 is 2.25 bits per heavy atom. The molecule has 0 aliphatic rings. The number of hydrogen-bond acceptors (Lipinski definition) is 3. The Labute approximate surface area is 95.3 Å². The molecule has 0 bridgehead atoms. The zero-order valence-electron chi connectivity index (χ0n) is 9.90. The van der Waals surface area contributed by atoms with E-state index in [2.05, 4.69) is 4.98 Å². The average Bonchev–Trinajstić information content (AvgIpc) is 2.27. The first-order valence-electron chi connectivity index (χ1n) is 5.40. The van der Waals surface area contributed by atoms with Gasteiger partial charge in [0.25, 0.3) is 0 Å². The van der Waals surface area contributed by atoms with Crippen molar-refractivity contribution in [3.63, 3.8) is 0 Å². The molecule has 0 amide bonds. The van der Waals surface area contributed by atoms with Crippen LogP contribution in [0.4, 0.5) is 4.39 Å². The van der Waals surface area contributed by atoms with Gasteiger partial charge >= 0.3 is 0 Å². The van der Waals surface area contributed by atoms with E-state index in [9.17, 15) is 9.50 Å². The normalized spacial score (nSPS) is 16.6. The van der Waals surface area contributed by atoms with Gasteiger partial charge in [-0.1, -0.05) is 6.92 Å². The van der Waals surface area contributed by atoms with Crippen molar-refractivity contribution < 1.29 is 14.2 Å². The van der Waals surface area contributed by atoms with Crippen LogP contribution in [0.25, 0.3) is 0 Å². The molecule has 0 fully saturated rings. The second-order valence-corrected chi connectivity index (χ2v) is 4.15. The Hall–Kier alpha value is -1.16. The monoisotopic (exact) mass is 227 g/mol. The molecule has 16 heavy (non-hydrogen) atoms. The number of aliphatic hydroxyl groups excluding tert-OH is 1. The summed E-state index contributed by atoms with van der Waals surface area (Å²) >= 11 is 0. The number of pyridine rings is 1. The maximum Gasteiger partial charge on any atom is 0.141 e. The van der Waals surface area contributed by atoms with Crippen LogP contribution in [0.2, 0.25) is 0 Å². The van der Waals surface area contributed by atoms with E-state index in [0.717, 1.165) is 0 Å². The Morgan fingerprint density at radius 1 is 1.56 bits per heavy atom. The Bertz CT molecular complexity index is 322. The summed E-state index contributed by atoms with van der Waals surface area (Å²) in [5, 5.41) is 9.25. The van der Waals surface area contributed by atoms with Crippen LogP contribution in [0.1, 0.15) is 39.0 Å². The largest absolute Gasteiger partial charge is 0.489 e. The van der Waals surface area contributed by atoms with Crippen LogP contribution in [0.3, 0.4) is 0 Å². The molecule has 0 radical (unpaired) electrons. The van der Waals surface area contributed by atoms with Gasteiger partial charge in [0.2, 0.25) is 0 Å². The second kappa shape index (κ2) is 5.25. The maximum absolute atomic E-state index is 13.5. The van der Waals surface area contributed by atoms with E-state index in [-0.39, 0.29) is 6.61 Å². The SMILES string of the molecule is CCC(C)(F)COc1ccc(C(C)O)nc1. The van der Waals surface area contributed by atoms with E-state index in [1.54, 1.807) is 26.0 Å². The van der Waals surface area contributed by atoms with E-state index in [1.807, 2.05) is 0 Å².